The number of amides is 1. The highest BCUT2D eigenvalue weighted by Gasteiger charge is 2.18. The quantitative estimate of drug-likeness (QED) is 0.369. The van der Waals surface area contributed by atoms with Gasteiger partial charge in [0.25, 0.3) is 5.91 Å². The van der Waals surface area contributed by atoms with Gasteiger partial charge in [-0.1, -0.05) is 12.1 Å². The summed E-state index contributed by atoms with van der Waals surface area (Å²) in [5.41, 5.74) is 6.41. The van der Waals surface area contributed by atoms with Gasteiger partial charge >= 0.3 is 0 Å². The van der Waals surface area contributed by atoms with Crippen molar-refractivity contribution in [3.8, 4) is 0 Å². The number of carbonyl (C=O) groups excluding carboxylic acids is 1. The average Bonchev–Trinajstić information content (AvgIpc) is 2.37. The highest BCUT2D eigenvalue weighted by atomic mass is 19.1. The van der Waals surface area contributed by atoms with Gasteiger partial charge in [-0.3, -0.25) is 4.79 Å². The Morgan fingerprint density at radius 1 is 1.53 bits per heavy atom. The molecule has 0 spiro atoms. The summed E-state index contributed by atoms with van der Waals surface area (Å²) in [6, 6.07) is 4.00. The third-order valence-corrected chi connectivity index (χ3v) is 2.68. The topological polar surface area (TPSA) is 78.9 Å². The first-order valence-corrected chi connectivity index (χ1v) is 6.01. The van der Waals surface area contributed by atoms with E-state index in [1.165, 1.54) is 23.1 Å². The fourth-order valence-electron chi connectivity index (χ4n) is 1.79. The van der Waals surface area contributed by atoms with Crippen LogP contribution in [0.15, 0.2) is 23.4 Å². The molecule has 5 nitrogen and oxygen atoms in total. The molecule has 0 unspecified atom stereocenters. The molecule has 0 aliphatic rings. The number of halogens is 1. The number of nitrogens with zero attached hydrogens (tertiary/aromatic N) is 2. The number of oxime groups is 1. The Labute approximate surface area is 111 Å². The van der Waals surface area contributed by atoms with Gasteiger partial charge in [0.15, 0.2) is 5.84 Å². The van der Waals surface area contributed by atoms with Crippen molar-refractivity contribution >= 4 is 11.7 Å². The zero-order chi connectivity index (χ0) is 14.4. The largest absolute Gasteiger partial charge is 0.409 e. The molecular formula is C13H18FN3O2. The molecule has 0 aliphatic heterocycles. The van der Waals surface area contributed by atoms with Crippen LogP contribution in [-0.2, 0) is 0 Å². The molecule has 0 aromatic heterocycles. The number of aryl methyl sites for hydroxylation is 1. The molecule has 0 bridgehead atoms. The number of rotatable bonds is 5. The van der Waals surface area contributed by atoms with Gasteiger partial charge in [-0.25, -0.2) is 4.39 Å². The minimum atomic E-state index is -0.382. The molecule has 1 amide bonds. The molecule has 0 atom stereocenters. The van der Waals surface area contributed by atoms with Crippen molar-refractivity contribution in [2.24, 2.45) is 10.9 Å². The average molecular weight is 267 g/mol. The Balaban J connectivity index is 2.98. The lowest BCUT2D eigenvalue weighted by atomic mass is 10.1. The highest BCUT2D eigenvalue weighted by Crippen LogP contribution is 2.13. The van der Waals surface area contributed by atoms with E-state index >= 15 is 0 Å². The molecule has 1 rings (SSSR count). The summed E-state index contributed by atoms with van der Waals surface area (Å²) in [6.45, 7) is 4.11. The Bertz CT molecular complexity index is 489. The molecular weight excluding hydrogens is 249 g/mol. The first-order chi connectivity index (χ1) is 8.99. The molecule has 0 aliphatic carbocycles. The predicted molar refractivity (Wildman–Crippen MR) is 70.7 cm³/mol. The van der Waals surface area contributed by atoms with Crippen molar-refractivity contribution in [2.45, 2.75) is 20.3 Å². The zero-order valence-electron chi connectivity index (χ0n) is 11.1. The summed E-state index contributed by atoms with van der Waals surface area (Å²) in [4.78, 5) is 13.8. The van der Waals surface area contributed by atoms with Crippen LogP contribution in [0.3, 0.4) is 0 Å². The van der Waals surface area contributed by atoms with Crippen LogP contribution in [0.2, 0.25) is 0 Å². The Hall–Kier alpha value is -2.11. The summed E-state index contributed by atoms with van der Waals surface area (Å²) in [5.74, 6) is -0.681. The normalized spacial score (nSPS) is 11.4. The second kappa shape index (κ2) is 6.72. The number of hydrogen-bond donors (Lipinski definition) is 2. The van der Waals surface area contributed by atoms with Gasteiger partial charge in [0.05, 0.1) is 6.54 Å². The fourth-order valence-corrected chi connectivity index (χ4v) is 1.79. The number of amidine groups is 1. The minimum absolute atomic E-state index is 0.0402. The van der Waals surface area contributed by atoms with E-state index in [-0.39, 0.29) is 24.1 Å². The van der Waals surface area contributed by atoms with E-state index in [2.05, 4.69) is 5.16 Å². The van der Waals surface area contributed by atoms with Crippen LogP contribution in [0, 0.1) is 12.7 Å². The van der Waals surface area contributed by atoms with Crippen LogP contribution in [0.4, 0.5) is 4.39 Å². The van der Waals surface area contributed by atoms with Gasteiger partial charge in [0.2, 0.25) is 0 Å². The number of hydrogen-bond acceptors (Lipinski definition) is 3. The van der Waals surface area contributed by atoms with E-state index < -0.39 is 0 Å². The Kier molecular flexibility index (Phi) is 5.29. The SMILES string of the molecule is CCCN(C/C(N)=N/O)C(=O)c1ccc(F)cc1C. The molecule has 19 heavy (non-hydrogen) atoms. The maximum absolute atomic E-state index is 13.0. The summed E-state index contributed by atoms with van der Waals surface area (Å²) < 4.78 is 13.0. The van der Waals surface area contributed by atoms with Gasteiger partial charge in [-0.2, -0.15) is 0 Å². The molecule has 3 N–H and O–H groups in total. The van der Waals surface area contributed by atoms with Crippen LogP contribution in [0.25, 0.3) is 0 Å². The molecule has 0 fully saturated rings. The molecule has 0 heterocycles. The van der Waals surface area contributed by atoms with Gasteiger partial charge in [-0.15, -0.1) is 0 Å². The van der Waals surface area contributed by atoms with Crippen molar-refractivity contribution < 1.29 is 14.4 Å². The molecule has 1 aromatic rings. The molecule has 0 saturated heterocycles. The lowest BCUT2D eigenvalue weighted by Gasteiger charge is -2.22. The van der Waals surface area contributed by atoms with E-state index in [0.717, 1.165) is 6.42 Å². The second-order valence-electron chi connectivity index (χ2n) is 4.28. The van der Waals surface area contributed by atoms with E-state index in [1.54, 1.807) is 6.92 Å². The van der Waals surface area contributed by atoms with Crippen molar-refractivity contribution in [2.75, 3.05) is 13.1 Å². The first kappa shape index (κ1) is 14.9. The maximum Gasteiger partial charge on any atom is 0.254 e. The van der Waals surface area contributed by atoms with E-state index in [4.69, 9.17) is 10.9 Å². The lowest BCUT2D eigenvalue weighted by Crippen LogP contribution is -2.39. The van der Waals surface area contributed by atoms with Gasteiger partial charge in [-0.05, 0) is 37.1 Å². The second-order valence-corrected chi connectivity index (χ2v) is 4.28. The molecule has 6 heteroatoms. The number of carbonyl (C=O) groups is 1. The van der Waals surface area contributed by atoms with Crippen LogP contribution in [0.5, 0.6) is 0 Å². The van der Waals surface area contributed by atoms with Crippen LogP contribution < -0.4 is 5.73 Å². The van der Waals surface area contributed by atoms with Crippen molar-refractivity contribution in [3.05, 3.63) is 35.1 Å². The van der Waals surface area contributed by atoms with Gasteiger partial charge < -0.3 is 15.8 Å². The number of nitrogens with two attached hydrogens (primary N) is 1. The molecule has 1 aromatic carbocycles. The molecule has 104 valence electrons. The minimum Gasteiger partial charge on any atom is -0.409 e. The monoisotopic (exact) mass is 267 g/mol. The molecule has 0 saturated carbocycles. The van der Waals surface area contributed by atoms with Crippen LogP contribution in [0.1, 0.15) is 29.3 Å². The summed E-state index contributed by atoms with van der Waals surface area (Å²) in [5, 5.41) is 11.4. The lowest BCUT2D eigenvalue weighted by molar-refractivity contribution is 0.0777. The van der Waals surface area contributed by atoms with Crippen molar-refractivity contribution in [3.63, 3.8) is 0 Å². The Morgan fingerprint density at radius 3 is 2.74 bits per heavy atom. The maximum atomic E-state index is 13.0. The van der Waals surface area contributed by atoms with Crippen molar-refractivity contribution in [1.29, 1.82) is 0 Å². The van der Waals surface area contributed by atoms with E-state index in [1.807, 2.05) is 6.92 Å². The number of benzene rings is 1. The first-order valence-electron chi connectivity index (χ1n) is 6.01. The standard InChI is InChI=1S/C13H18FN3O2/c1-3-6-17(8-12(15)16-19)13(18)11-5-4-10(14)7-9(11)2/h4-5,7,19H,3,6,8H2,1-2H3,(H2,15,16). The highest BCUT2D eigenvalue weighted by molar-refractivity contribution is 5.98. The third kappa shape index (κ3) is 3.94. The van der Waals surface area contributed by atoms with Crippen molar-refractivity contribution in [1.82, 2.24) is 4.90 Å². The molecule has 0 radical (unpaired) electrons. The van der Waals surface area contributed by atoms with Gasteiger partial charge in [0, 0.05) is 12.1 Å². The van der Waals surface area contributed by atoms with E-state index in [0.29, 0.717) is 17.7 Å². The van der Waals surface area contributed by atoms with Crippen LogP contribution in [-0.4, -0.2) is 34.9 Å². The summed E-state index contributed by atoms with van der Waals surface area (Å²) in [7, 11) is 0. The van der Waals surface area contributed by atoms with Crippen LogP contribution >= 0.6 is 0 Å². The smallest absolute Gasteiger partial charge is 0.254 e. The Morgan fingerprint density at radius 2 is 2.21 bits per heavy atom. The van der Waals surface area contributed by atoms with E-state index in [9.17, 15) is 9.18 Å². The summed E-state index contributed by atoms with van der Waals surface area (Å²) >= 11 is 0. The third-order valence-electron chi connectivity index (χ3n) is 2.68. The summed E-state index contributed by atoms with van der Waals surface area (Å²) in [6.07, 6.45) is 0.741. The van der Waals surface area contributed by atoms with Gasteiger partial charge in [0.1, 0.15) is 5.82 Å². The fraction of sp³-hybridized carbons (Fsp3) is 0.385. The predicted octanol–water partition coefficient (Wildman–Crippen LogP) is 1.73. The zero-order valence-corrected chi connectivity index (χ0v) is 11.1.